The summed E-state index contributed by atoms with van der Waals surface area (Å²) < 4.78 is 0. The minimum absolute atomic E-state index is 0.0204. The lowest BCUT2D eigenvalue weighted by atomic mass is 10.1. The van der Waals surface area contributed by atoms with Gasteiger partial charge in [-0.25, -0.2) is 9.78 Å². The van der Waals surface area contributed by atoms with E-state index in [4.69, 9.17) is 10.8 Å². The fraction of sp³-hybridized carbons (Fsp3) is 0.462. The van der Waals surface area contributed by atoms with E-state index in [1.54, 1.807) is 4.90 Å². The smallest absolute Gasteiger partial charge is 0.337 e. The van der Waals surface area contributed by atoms with Crippen LogP contribution in [0.15, 0.2) is 12.3 Å². The molecule has 0 atom stereocenters. The normalized spacial score (nSPS) is 14.9. The third-order valence-electron chi connectivity index (χ3n) is 3.34. The van der Waals surface area contributed by atoms with Crippen molar-refractivity contribution in [3.8, 4) is 0 Å². The summed E-state index contributed by atoms with van der Waals surface area (Å²) in [4.78, 5) is 28.7. The molecule has 1 aliphatic heterocycles. The number of carbonyl (C=O) groups excluding carboxylic acids is 1. The summed E-state index contributed by atoms with van der Waals surface area (Å²) in [6, 6.07) is 1.33. The predicted molar refractivity (Wildman–Crippen MR) is 74.5 cm³/mol. The molecule has 1 amide bonds. The molecular formula is C13H18N4O3. The largest absolute Gasteiger partial charge is 0.478 e. The standard InChI is InChI=1S/C13H18N4O3/c14-11-9(13(19)20)4-5-15-12(11)16-8-10(18)17-6-2-1-3-7-17/h4-5H,1-3,6-8,14H2,(H,15,16)(H,19,20). The van der Waals surface area contributed by atoms with E-state index in [-0.39, 0.29) is 29.5 Å². The van der Waals surface area contributed by atoms with E-state index in [1.807, 2.05) is 0 Å². The van der Waals surface area contributed by atoms with Gasteiger partial charge in [0.2, 0.25) is 5.91 Å². The topological polar surface area (TPSA) is 109 Å². The van der Waals surface area contributed by atoms with Crippen LogP contribution >= 0.6 is 0 Å². The van der Waals surface area contributed by atoms with Crippen LogP contribution in [0.25, 0.3) is 0 Å². The maximum atomic E-state index is 12.0. The van der Waals surface area contributed by atoms with Gasteiger partial charge < -0.3 is 21.1 Å². The highest BCUT2D eigenvalue weighted by Crippen LogP contribution is 2.19. The molecule has 0 saturated carbocycles. The molecule has 0 unspecified atom stereocenters. The molecule has 1 fully saturated rings. The van der Waals surface area contributed by atoms with Crippen molar-refractivity contribution in [1.29, 1.82) is 0 Å². The Morgan fingerprint density at radius 1 is 1.35 bits per heavy atom. The van der Waals surface area contributed by atoms with Crippen molar-refractivity contribution >= 4 is 23.4 Å². The first-order valence-electron chi connectivity index (χ1n) is 6.59. The minimum atomic E-state index is -1.12. The van der Waals surface area contributed by atoms with E-state index in [1.165, 1.54) is 12.3 Å². The van der Waals surface area contributed by atoms with Crippen molar-refractivity contribution in [1.82, 2.24) is 9.88 Å². The Kier molecular flexibility index (Phi) is 4.39. The van der Waals surface area contributed by atoms with Gasteiger partial charge in [0.1, 0.15) is 5.82 Å². The molecule has 2 heterocycles. The Bertz CT molecular complexity index is 512. The average molecular weight is 278 g/mol. The summed E-state index contributed by atoms with van der Waals surface area (Å²) in [7, 11) is 0. The van der Waals surface area contributed by atoms with Crippen molar-refractivity contribution in [2.75, 3.05) is 30.7 Å². The highest BCUT2D eigenvalue weighted by atomic mass is 16.4. The monoisotopic (exact) mass is 278 g/mol. The first-order valence-corrected chi connectivity index (χ1v) is 6.59. The molecule has 0 bridgehead atoms. The third kappa shape index (κ3) is 3.17. The number of pyridine rings is 1. The number of likely N-dealkylation sites (tertiary alicyclic amines) is 1. The van der Waals surface area contributed by atoms with Crippen molar-refractivity contribution in [3.05, 3.63) is 17.8 Å². The van der Waals surface area contributed by atoms with Gasteiger partial charge in [-0.15, -0.1) is 0 Å². The molecule has 0 spiro atoms. The molecule has 1 aliphatic rings. The fourth-order valence-electron chi connectivity index (χ4n) is 2.22. The number of amides is 1. The molecule has 4 N–H and O–H groups in total. The molecular weight excluding hydrogens is 260 g/mol. The molecule has 1 aromatic heterocycles. The van der Waals surface area contributed by atoms with Crippen LogP contribution in [0.1, 0.15) is 29.6 Å². The number of nitrogens with zero attached hydrogens (tertiary/aromatic N) is 2. The van der Waals surface area contributed by atoms with Crippen LogP contribution in [0.3, 0.4) is 0 Å². The lowest BCUT2D eigenvalue weighted by Crippen LogP contribution is -2.39. The van der Waals surface area contributed by atoms with Crippen LogP contribution in [0.5, 0.6) is 0 Å². The van der Waals surface area contributed by atoms with Crippen LogP contribution in [-0.4, -0.2) is 46.5 Å². The molecule has 7 heteroatoms. The molecule has 0 aliphatic carbocycles. The lowest BCUT2D eigenvalue weighted by Gasteiger charge is -2.26. The molecule has 0 radical (unpaired) electrons. The number of hydrogen-bond donors (Lipinski definition) is 3. The molecule has 108 valence electrons. The van der Waals surface area contributed by atoms with Crippen molar-refractivity contribution in [3.63, 3.8) is 0 Å². The second-order valence-electron chi connectivity index (χ2n) is 4.72. The molecule has 0 aromatic carbocycles. The summed E-state index contributed by atoms with van der Waals surface area (Å²) in [6.45, 7) is 1.62. The molecule has 7 nitrogen and oxygen atoms in total. The summed E-state index contributed by atoms with van der Waals surface area (Å²) in [6.07, 6.45) is 4.57. The number of aromatic carboxylic acids is 1. The number of carboxylic acid groups (broad SMARTS) is 1. The number of piperidine rings is 1. The van der Waals surface area contributed by atoms with Crippen molar-refractivity contribution < 1.29 is 14.7 Å². The number of hydrogen-bond acceptors (Lipinski definition) is 5. The minimum Gasteiger partial charge on any atom is -0.478 e. The number of carboxylic acids is 1. The van der Waals surface area contributed by atoms with Gasteiger partial charge in [-0.3, -0.25) is 4.79 Å². The van der Waals surface area contributed by atoms with Gasteiger partial charge in [-0.05, 0) is 25.3 Å². The number of aromatic nitrogens is 1. The number of nitrogens with two attached hydrogens (primary N) is 1. The van der Waals surface area contributed by atoms with Gasteiger partial charge >= 0.3 is 5.97 Å². The second kappa shape index (κ2) is 6.23. The number of nitrogen functional groups attached to an aromatic ring is 1. The molecule has 20 heavy (non-hydrogen) atoms. The highest BCUT2D eigenvalue weighted by molar-refractivity contribution is 5.96. The van der Waals surface area contributed by atoms with Gasteiger partial charge in [-0.2, -0.15) is 0 Å². The van der Waals surface area contributed by atoms with Gasteiger partial charge in [0.25, 0.3) is 0 Å². The highest BCUT2D eigenvalue weighted by Gasteiger charge is 2.17. The fourth-order valence-corrected chi connectivity index (χ4v) is 2.22. The van der Waals surface area contributed by atoms with Crippen molar-refractivity contribution in [2.24, 2.45) is 0 Å². The first-order chi connectivity index (χ1) is 9.59. The third-order valence-corrected chi connectivity index (χ3v) is 3.34. The molecule has 1 aromatic rings. The zero-order valence-corrected chi connectivity index (χ0v) is 11.1. The molecule has 2 rings (SSSR count). The quantitative estimate of drug-likeness (QED) is 0.751. The lowest BCUT2D eigenvalue weighted by molar-refractivity contribution is -0.130. The van der Waals surface area contributed by atoms with E-state index in [0.717, 1.165) is 32.4 Å². The van der Waals surface area contributed by atoms with Gasteiger partial charge in [0, 0.05) is 19.3 Å². The Morgan fingerprint density at radius 3 is 2.70 bits per heavy atom. The molecule has 1 saturated heterocycles. The van der Waals surface area contributed by atoms with E-state index in [0.29, 0.717) is 0 Å². The number of rotatable bonds is 4. The number of anilines is 2. The van der Waals surface area contributed by atoms with E-state index in [9.17, 15) is 9.59 Å². The number of nitrogens with one attached hydrogen (secondary N) is 1. The van der Waals surface area contributed by atoms with Crippen LogP contribution in [-0.2, 0) is 4.79 Å². The van der Waals surface area contributed by atoms with E-state index >= 15 is 0 Å². The van der Waals surface area contributed by atoms with Crippen LogP contribution in [0, 0.1) is 0 Å². The van der Waals surface area contributed by atoms with Crippen LogP contribution in [0.4, 0.5) is 11.5 Å². The maximum Gasteiger partial charge on any atom is 0.337 e. The van der Waals surface area contributed by atoms with Gasteiger partial charge in [-0.1, -0.05) is 0 Å². The van der Waals surface area contributed by atoms with E-state index < -0.39 is 5.97 Å². The SMILES string of the molecule is Nc1c(C(=O)O)ccnc1NCC(=O)N1CCCCC1. The number of carbonyl (C=O) groups is 2. The Balaban J connectivity index is 1.98. The average Bonchev–Trinajstić information content (AvgIpc) is 2.46. The Labute approximate surface area is 116 Å². The van der Waals surface area contributed by atoms with Gasteiger partial charge in [0.05, 0.1) is 17.8 Å². The van der Waals surface area contributed by atoms with Crippen molar-refractivity contribution in [2.45, 2.75) is 19.3 Å². The Hall–Kier alpha value is -2.31. The van der Waals surface area contributed by atoms with Crippen LogP contribution < -0.4 is 11.1 Å². The zero-order chi connectivity index (χ0) is 14.5. The van der Waals surface area contributed by atoms with Crippen LogP contribution in [0.2, 0.25) is 0 Å². The second-order valence-corrected chi connectivity index (χ2v) is 4.72. The Morgan fingerprint density at radius 2 is 2.05 bits per heavy atom. The zero-order valence-electron chi connectivity index (χ0n) is 11.1. The summed E-state index contributed by atoms with van der Waals surface area (Å²) in [5.41, 5.74) is 5.75. The maximum absolute atomic E-state index is 12.0. The van der Waals surface area contributed by atoms with E-state index in [2.05, 4.69) is 10.3 Å². The van der Waals surface area contributed by atoms with Gasteiger partial charge in [0.15, 0.2) is 0 Å². The summed E-state index contributed by atoms with van der Waals surface area (Å²) in [5, 5.41) is 11.8. The predicted octanol–water partition coefficient (Wildman–Crippen LogP) is 0.786. The summed E-state index contributed by atoms with van der Waals surface area (Å²) in [5.74, 6) is -0.905. The first kappa shape index (κ1) is 14.1. The summed E-state index contributed by atoms with van der Waals surface area (Å²) >= 11 is 0.